The number of ether oxygens (including phenoxy) is 2. The Morgan fingerprint density at radius 2 is 1.29 bits per heavy atom. The van der Waals surface area contributed by atoms with Crippen LogP contribution in [0.5, 0.6) is 11.5 Å². The van der Waals surface area contributed by atoms with Gasteiger partial charge in [-0.15, -0.1) is 6.58 Å². The third-order valence-electron chi connectivity index (χ3n) is 5.89. The number of hydrogen-bond donors (Lipinski definition) is 0. The van der Waals surface area contributed by atoms with Crippen molar-refractivity contribution >= 4 is 0 Å². The van der Waals surface area contributed by atoms with Gasteiger partial charge in [-0.25, -0.2) is 0 Å². The summed E-state index contributed by atoms with van der Waals surface area (Å²) < 4.78 is 17.3. The predicted molar refractivity (Wildman–Crippen MR) is 140 cm³/mol. The van der Waals surface area contributed by atoms with Crippen LogP contribution in [0.2, 0.25) is 0 Å². The summed E-state index contributed by atoms with van der Waals surface area (Å²) in [6.45, 7) is 7.49. The van der Waals surface area contributed by atoms with Crippen molar-refractivity contribution in [2.24, 2.45) is 0 Å². The van der Waals surface area contributed by atoms with Gasteiger partial charge in [0.05, 0.1) is 13.2 Å². The molecule has 34 heavy (non-hydrogen) atoms. The molecule has 0 unspecified atom stereocenters. The Morgan fingerprint density at radius 1 is 0.735 bits per heavy atom. The molecular weight excluding hydrogens is 422 g/mol. The molecule has 0 saturated heterocycles. The van der Waals surface area contributed by atoms with E-state index >= 15 is 0 Å². The first-order valence-corrected chi connectivity index (χ1v) is 12.8. The quantitative estimate of drug-likeness (QED) is 0.149. The molecule has 0 spiro atoms. The van der Waals surface area contributed by atoms with Gasteiger partial charge in [-0.2, -0.15) is 0 Å². The first-order chi connectivity index (χ1) is 16.8. The summed E-state index contributed by atoms with van der Waals surface area (Å²) in [4.78, 5) is 0. The molecule has 2 aromatic carbocycles. The van der Waals surface area contributed by atoms with Crippen LogP contribution in [0.1, 0.15) is 71.1 Å². The molecule has 0 aliphatic heterocycles. The molecule has 0 N–H and O–H groups in total. The van der Waals surface area contributed by atoms with Crippen LogP contribution in [-0.4, -0.2) is 18.4 Å². The van der Waals surface area contributed by atoms with Crippen molar-refractivity contribution in [3.63, 3.8) is 0 Å². The second kappa shape index (κ2) is 15.0. The van der Waals surface area contributed by atoms with Crippen molar-refractivity contribution < 1.29 is 14.0 Å². The van der Waals surface area contributed by atoms with Crippen molar-refractivity contribution in [2.45, 2.75) is 71.1 Å². The molecule has 0 atom stereocenters. The molecule has 1 aromatic heterocycles. The third-order valence-corrected chi connectivity index (χ3v) is 5.89. The normalized spacial score (nSPS) is 10.9. The van der Waals surface area contributed by atoms with Gasteiger partial charge in [0.2, 0.25) is 0 Å². The maximum absolute atomic E-state index is 5.90. The lowest BCUT2D eigenvalue weighted by Crippen LogP contribution is -1.97. The molecule has 182 valence electrons. The summed E-state index contributed by atoms with van der Waals surface area (Å²) in [7, 11) is 0. The molecule has 3 aromatic rings. The van der Waals surface area contributed by atoms with Crippen LogP contribution in [0.25, 0.3) is 22.6 Å². The second-order valence-electron chi connectivity index (χ2n) is 8.73. The highest BCUT2D eigenvalue weighted by Crippen LogP contribution is 2.28. The summed E-state index contributed by atoms with van der Waals surface area (Å²) in [5.74, 6) is 2.51. The summed E-state index contributed by atoms with van der Waals surface area (Å²) in [6.07, 6.45) is 14.1. The highest BCUT2D eigenvalue weighted by Gasteiger charge is 2.09. The summed E-state index contributed by atoms with van der Waals surface area (Å²) in [5, 5.41) is 4.25. The van der Waals surface area contributed by atoms with E-state index in [2.05, 4.69) is 18.7 Å². The van der Waals surface area contributed by atoms with Gasteiger partial charge in [0.1, 0.15) is 17.2 Å². The van der Waals surface area contributed by atoms with Gasteiger partial charge < -0.3 is 14.0 Å². The smallest absolute Gasteiger partial charge is 0.167 e. The van der Waals surface area contributed by atoms with E-state index in [1.165, 1.54) is 38.5 Å². The van der Waals surface area contributed by atoms with Gasteiger partial charge in [-0.3, -0.25) is 0 Å². The number of benzene rings is 2. The first kappa shape index (κ1) is 25.6. The number of aromatic nitrogens is 1. The molecule has 4 heteroatoms. The van der Waals surface area contributed by atoms with Crippen LogP contribution in [0.3, 0.4) is 0 Å². The van der Waals surface area contributed by atoms with Gasteiger partial charge in [0.25, 0.3) is 0 Å². The Bertz CT molecular complexity index is 944. The second-order valence-corrected chi connectivity index (χ2v) is 8.73. The minimum Gasteiger partial charge on any atom is -0.494 e. The number of unbranched alkanes of at least 4 members (excludes halogenated alkanes) is 8. The monoisotopic (exact) mass is 461 g/mol. The zero-order chi connectivity index (χ0) is 23.8. The van der Waals surface area contributed by atoms with E-state index in [1.807, 2.05) is 60.7 Å². The molecule has 0 radical (unpaired) electrons. The predicted octanol–water partition coefficient (Wildman–Crippen LogP) is 8.87. The lowest BCUT2D eigenvalue weighted by atomic mass is 10.1. The standard InChI is InChI=1S/C30H39NO3/c1-3-5-7-9-10-11-13-23-33-27-18-14-25(15-19-27)29-24-30(34-31-29)26-16-20-28(21-17-26)32-22-12-8-6-4-2/h4,14-21,24H,2-3,5-13,22-23H2,1H3. The van der Waals surface area contributed by atoms with Crippen LogP contribution >= 0.6 is 0 Å². The van der Waals surface area contributed by atoms with Gasteiger partial charge in [0.15, 0.2) is 5.76 Å². The van der Waals surface area contributed by atoms with Crippen molar-refractivity contribution in [1.82, 2.24) is 5.16 Å². The molecule has 0 fully saturated rings. The molecule has 1 heterocycles. The summed E-state index contributed by atoms with van der Waals surface area (Å²) in [5.41, 5.74) is 2.81. The van der Waals surface area contributed by atoms with Crippen molar-refractivity contribution in [3.8, 4) is 34.1 Å². The largest absolute Gasteiger partial charge is 0.494 e. The number of rotatable bonds is 17. The molecule has 0 aliphatic carbocycles. The van der Waals surface area contributed by atoms with E-state index in [0.29, 0.717) is 0 Å². The van der Waals surface area contributed by atoms with Crippen molar-refractivity contribution in [1.29, 1.82) is 0 Å². The van der Waals surface area contributed by atoms with Crippen LogP contribution in [0, 0.1) is 0 Å². The SMILES string of the molecule is C=CCCCCOc1ccc(-c2cc(-c3ccc(OCCCCCCCCC)cc3)no2)cc1. The maximum Gasteiger partial charge on any atom is 0.167 e. The average molecular weight is 462 g/mol. The van der Waals surface area contributed by atoms with E-state index in [4.69, 9.17) is 14.0 Å². The fourth-order valence-electron chi connectivity index (χ4n) is 3.81. The lowest BCUT2D eigenvalue weighted by molar-refractivity contribution is 0.304. The molecule has 4 nitrogen and oxygen atoms in total. The van der Waals surface area contributed by atoms with Gasteiger partial charge in [0, 0.05) is 17.2 Å². The van der Waals surface area contributed by atoms with Crippen LogP contribution in [-0.2, 0) is 0 Å². The third kappa shape index (κ3) is 8.74. The van der Waals surface area contributed by atoms with E-state index in [1.54, 1.807) is 0 Å². The van der Waals surface area contributed by atoms with Gasteiger partial charge in [-0.1, -0.05) is 56.7 Å². The summed E-state index contributed by atoms with van der Waals surface area (Å²) in [6, 6.07) is 18.0. The minimum atomic E-state index is 0.721. The highest BCUT2D eigenvalue weighted by molar-refractivity contribution is 5.67. The molecular formula is C30H39NO3. The van der Waals surface area contributed by atoms with E-state index in [9.17, 15) is 0 Å². The topological polar surface area (TPSA) is 44.5 Å². The molecule has 0 amide bonds. The molecule has 0 bridgehead atoms. The Morgan fingerprint density at radius 3 is 1.91 bits per heavy atom. The van der Waals surface area contributed by atoms with Crippen LogP contribution < -0.4 is 9.47 Å². The Kier molecular flexibility index (Phi) is 11.3. The number of allylic oxidation sites excluding steroid dienone is 1. The Balaban J connectivity index is 1.43. The molecule has 0 saturated carbocycles. The fraction of sp³-hybridized carbons (Fsp3) is 0.433. The van der Waals surface area contributed by atoms with E-state index in [0.717, 1.165) is 73.0 Å². The average Bonchev–Trinajstić information content (AvgIpc) is 3.37. The fourth-order valence-corrected chi connectivity index (χ4v) is 3.81. The lowest BCUT2D eigenvalue weighted by Gasteiger charge is -2.06. The van der Waals surface area contributed by atoms with E-state index < -0.39 is 0 Å². The number of hydrogen-bond acceptors (Lipinski definition) is 4. The first-order valence-electron chi connectivity index (χ1n) is 12.8. The Labute approximate surface area is 205 Å². The van der Waals surface area contributed by atoms with Crippen LogP contribution in [0.15, 0.2) is 71.8 Å². The van der Waals surface area contributed by atoms with Crippen LogP contribution in [0.4, 0.5) is 0 Å². The Hall–Kier alpha value is -3.01. The molecule has 3 rings (SSSR count). The number of nitrogens with zero attached hydrogens (tertiary/aromatic N) is 1. The van der Waals surface area contributed by atoms with Crippen molar-refractivity contribution in [2.75, 3.05) is 13.2 Å². The van der Waals surface area contributed by atoms with E-state index in [-0.39, 0.29) is 0 Å². The highest BCUT2D eigenvalue weighted by atomic mass is 16.5. The minimum absolute atomic E-state index is 0.721. The van der Waals surface area contributed by atoms with Gasteiger partial charge >= 0.3 is 0 Å². The molecule has 0 aliphatic rings. The zero-order valence-electron chi connectivity index (χ0n) is 20.6. The maximum atomic E-state index is 5.90. The van der Waals surface area contributed by atoms with Crippen molar-refractivity contribution in [3.05, 3.63) is 67.3 Å². The zero-order valence-corrected chi connectivity index (χ0v) is 20.6. The van der Waals surface area contributed by atoms with Gasteiger partial charge in [-0.05, 0) is 74.2 Å². The summed E-state index contributed by atoms with van der Waals surface area (Å²) >= 11 is 0.